The Hall–Kier alpha value is -2.62. The van der Waals surface area contributed by atoms with Gasteiger partial charge >= 0.3 is 5.97 Å². The number of rotatable bonds is 5. The highest BCUT2D eigenvalue weighted by molar-refractivity contribution is 6.07. The van der Waals surface area contributed by atoms with Crippen molar-refractivity contribution in [3.05, 3.63) is 12.2 Å². The average Bonchev–Trinajstić information content (AvgIpc) is 2.76. The molecule has 0 saturated carbocycles. The van der Waals surface area contributed by atoms with Crippen LogP contribution in [0.25, 0.3) is 0 Å². The van der Waals surface area contributed by atoms with Crippen molar-refractivity contribution in [2.75, 3.05) is 19.7 Å². The van der Waals surface area contributed by atoms with Crippen LogP contribution in [0.2, 0.25) is 0 Å². The zero-order chi connectivity index (χ0) is 16.1. The van der Waals surface area contributed by atoms with Gasteiger partial charge in [-0.3, -0.25) is 24.1 Å². The Morgan fingerprint density at radius 1 is 1.27 bits per heavy atom. The molecule has 0 aromatic carbocycles. The van der Waals surface area contributed by atoms with Gasteiger partial charge in [0.2, 0.25) is 11.8 Å². The first-order valence-corrected chi connectivity index (χ1v) is 6.90. The molecular weight excluding hydrogens is 288 g/mol. The molecule has 0 aromatic rings. The summed E-state index contributed by atoms with van der Waals surface area (Å²) >= 11 is 0. The van der Waals surface area contributed by atoms with E-state index in [1.54, 1.807) is 0 Å². The van der Waals surface area contributed by atoms with Crippen LogP contribution >= 0.6 is 0 Å². The van der Waals surface area contributed by atoms with Crippen molar-refractivity contribution in [1.29, 1.82) is 0 Å². The van der Waals surface area contributed by atoms with E-state index < -0.39 is 25.0 Å². The second-order valence-corrected chi connectivity index (χ2v) is 5.06. The summed E-state index contributed by atoms with van der Waals surface area (Å²) in [6.45, 7) is -0.923. The molecule has 1 fully saturated rings. The van der Waals surface area contributed by atoms with Crippen molar-refractivity contribution in [3.63, 3.8) is 0 Å². The summed E-state index contributed by atoms with van der Waals surface area (Å²) in [5.74, 6) is -0.608. The van der Waals surface area contributed by atoms with E-state index in [2.05, 4.69) is 11.2 Å². The number of imide groups is 1. The van der Waals surface area contributed by atoms with Gasteiger partial charge in [-0.1, -0.05) is 18.1 Å². The lowest BCUT2D eigenvalue weighted by atomic mass is 9.85. The van der Waals surface area contributed by atoms with Gasteiger partial charge in [-0.05, 0) is 12.8 Å². The number of ether oxygens (including phenoxy) is 1. The maximum Gasteiger partial charge on any atom is 0.326 e. The lowest BCUT2D eigenvalue weighted by Gasteiger charge is -2.14. The molecule has 0 bridgehead atoms. The summed E-state index contributed by atoms with van der Waals surface area (Å²) in [6.07, 6.45) is 9.72. The van der Waals surface area contributed by atoms with Gasteiger partial charge in [-0.15, -0.1) is 6.42 Å². The summed E-state index contributed by atoms with van der Waals surface area (Å²) in [4.78, 5) is 48.1. The number of carbonyl (C=O) groups excluding carboxylic acids is 4. The number of fused-ring (bicyclic) bond motifs is 1. The van der Waals surface area contributed by atoms with E-state index in [1.165, 1.54) is 0 Å². The molecule has 7 heteroatoms. The third kappa shape index (κ3) is 3.34. The summed E-state index contributed by atoms with van der Waals surface area (Å²) in [6, 6.07) is 0. The third-order valence-electron chi connectivity index (χ3n) is 3.64. The van der Waals surface area contributed by atoms with E-state index in [-0.39, 0.29) is 30.2 Å². The van der Waals surface area contributed by atoms with E-state index in [1.807, 2.05) is 12.2 Å². The molecule has 2 atom stereocenters. The standard InChI is InChI=1S/C15H16N2O5/c1-2-7-16-12(18)9-22-13(19)8-17-14(20)10-5-3-4-6-11(10)15(17)21/h1,3-4,10-11H,5-9H2,(H,16,18)/t10-,11-/m0/s1. The summed E-state index contributed by atoms with van der Waals surface area (Å²) < 4.78 is 4.73. The van der Waals surface area contributed by atoms with Crippen LogP contribution in [0.5, 0.6) is 0 Å². The molecule has 116 valence electrons. The number of nitrogens with zero attached hydrogens (tertiary/aromatic N) is 1. The highest BCUT2D eigenvalue weighted by atomic mass is 16.5. The smallest absolute Gasteiger partial charge is 0.326 e. The largest absolute Gasteiger partial charge is 0.454 e. The second-order valence-electron chi connectivity index (χ2n) is 5.06. The van der Waals surface area contributed by atoms with Gasteiger partial charge in [0.05, 0.1) is 18.4 Å². The van der Waals surface area contributed by atoms with Gasteiger partial charge in [0.15, 0.2) is 6.61 Å². The number of hydrogen-bond donors (Lipinski definition) is 1. The number of esters is 1. The number of allylic oxidation sites excluding steroid dienone is 2. The zero-order valence-electron chi connectivity index (χ0n) is 11.9. The first-order valence-electron chi connectivity index (χ1n) is 6.90. The predicted molar refractivity (Wildman–Crippen MR) is 74.9 cm³/mol. The summed E-state index contributed by atoms with van der Waals surface area (Å²) in [7, 11) is 0. The van der Waals surface area contributed by atoms with Crippen LogP contribution in [0.3, 0.4) is 0 Å². The van der Waals surface area contributed by atoms with Crippen molar-refractivity contribution in [1.82, 2.24) is 10.2 Å². The molecule has 7 nitrogen and oxygen atoms in total. The van der Waals surface area contributed by atoms with Gasteiger partial charge < -0.3 is 10.1 Å². The van der Waals surface area contributed by atoms with Crippen LogP contribution in [0.1, 0.15) is 12.8 Å². The van der Waals surface area contributed by atoms with Crippen LogP contribution in [-0.4, -0.2) is 48.3 Å². The van der Waals surface area contributed by atoms with Gasteiger partial charge in [0.25, 0.3) is 5.91 Å². The minimum Gasteiger partial charge on any atom is -0.454 e. The Kier molecular flexibility index (Phi) is 4.94. The zero-order valence-corrected chi connectivity index (χ0v) is 11.9. The first-order chi connectivity index (χ1) is 10.5. The minimum absolute atomic E-state index is 0.0375. The predicted octanol–water partition coefficient (Wildman–Crippen LogP) is -0.770. The van der Waals surface area contributed by atoms with E-state index in [9.17, 15) is 19.2 Å². The number of terminal acetylenes is 1. The average molecular weight is 304 g/mol. The van der Waals surface area contributed by atoms with E-state index in [4.69, 9.17) is 11.2 Å². The van der Waals surface area contributed by atoms with Gasteiger partial charge in [-0.2, -0.15) is 0 Å². The lowest BCUT2D eigenvalue weighted by Crippen LogP contribution is -2.38. The fourth-order valence-corrected chi connectivity index (χ4v) is 2.55. The van der Waals surface area contributed by atoms with Crippen LogP contribution in [0, 0.1) is 24.2 Å². The molecule has 3 amide bonds. The van der Waals surface area contributed by atoms with Crippen LogP contribution in [-0.2, 0) is 23.9 Å². The summed E-state index contributed by atoms with van der Waals surface area (Å²) in [5, 5.41) is 2.33. The maximum absolute atomic E-state index is 12.1. The molecule has 2 aliphatic rings. The maximum atomic E-state index is 12.1. The highest BCUT2D eigenvalue weighted by Gasteiger charge is 2.47. The molecule has 1 N–H and O–H groups in total. The number of amides is 3. The van der Waals surface area contributed by atoms with Crippen LogP contribution < -0.4 is 5.32 Å². The van der Waals surface area contributed by atoms with E-state index in [0.717, 1.165) is 4.90 Å². The summed E-state index contributed by atoms with van der Waals surface area (Å²) in [5.41, 5.74) is 0. The molecule has 1 aliphatic carbocycles. The fraction of sp³-hybridized carbons (Fsp3) is 0.467. The molecule has 1 heterocycles. The highest BCUT2D eigenvalue weighted by Crippen LogP contribution is 2.34. The van der Waals surface area contributed by atoms with Gasteiger partial charge in [0, 0.05) is 0 Å². The minimum atomic E-state index is -0.802. The van der Waals surface area contributed by atoms with Gasteiger partial charge in [-0.25, -0.2) is 0 Å². The molecule has 2 rings (SSSR count). The molecule has 0 unspecified atom stereocenters. The molecular formula is C15H16N2O5. The molecule has 1 saturated heterocycles. The number of hydrogen-bond acceptors (Lipinski definition) is 5. The van der Waals surface area contributed by atoms with Crippen molar-refractivity contribution in [3.8, 4) is 12.3 Å². The Labute approximate surface area is 127 Å². The van der Waals surface area contributed by atoms with Crippen LogP contribution in [0.15, 0.2) is 12.2 Å². The number of likely N-dealkylation sites (tertiary alicyclic amines) is 1. The lowest BCUT2D eigenvalue weighted by molar-refractivity contribution is -0.154. The molecule has 0 spiro atoms. The van der Waals surface area contributed by atoms with Crippen molar-refractivity contribution >= 4 is 23.7 Å². The van der Waals surface area contributed by atoms with Crippen molar-refractivity contribution in [2.45, 2.75) is 12.8 Å². The Morgan fingerprint density at radius 2 is 1.86 bits per heavy atom. The molecule has 1 aliphatic heterocycles. The molecule has 22 heavy (non-hydrogen) atoms. The normalized spacial score (nSPS) is 23.0. The Morgan fingerprint density at radius 3 is 2.41 bits per heavy atom. The Balaban J connectivity index is 1.84. The van der Waals surface area contributed by atoms with Crippen molar-refractivity contribution < 1.29 is 23.9 Å². The Bertz CT molecular complexity index is 549. The molecule has 0 radical (unpaired) electrons. The second kappa shape index (κ2) is 6.89. The first kappa shape index (κ1) is 15.8. The number of carbonyl (C=O) groups is 4. The van der Waals surface area contributed by atoms with Gasteiger partial charge in [0.1, 0.15) is 6.54 Å². The number of nitrogens with one attached hydrogen (secondary N) is 1. The SMILES string of the molecule is C#CCNC(=O)COC(=O)CN1C(=O)[C@H]2CC=CC[C@@H]2C1=O. The monoisotopic (exact) mass is 304 g/mol. The van der Waals surface area contributed by atoms with Crippen molar-refractivity contribution in [2.24, 2.45) is 11.8 Å². The molecule has 0 aromatic heterocycles. The van der Waals surface area contributed by atoms with E-state index in [0.29, 0.717) is 12.8 Å². The fourth-order valence-electron chi connectivity index (χ4n) is 2.55. The third-order valence-corrected chi connectivity index (χ3v) is 3.64. The quantitative estimate of drug-likeness (QED) is 0.312. The topological polar surface area (TPSA) is 92.8 Å². The van der Waals surface area contributed by atoms with Crippen LogP contribution in [0.4, 0.5) is 0 Å². The van der Waals surface area contributed by atoms with E-state index >= 15 is 0 Å².